The van der Waals surface area contributed by atoms with Crippen molar-refractivity contribution in [2.45, 2.75) is 66.2 Å². The standard InChI is InChI=1S/C28H31N5O2S2/c1-15-16(2)36-27-24(15)25(19-9-7-18(8-10-19)22-12-11-20(14-29)37-22)30-21(13-23(34)35-28(4,5)6)26-32-31-17(3)33(26)27/h7-12,21H,13-14,29H2,1-6H3/t21-/m0/s1. The number of benzene rings is 1. The molecule has 3 aromatic heterocycles. The number of fused-ring (bicyclic) bond motifs is 3. The molecule has 1 atom stereocenters. The molecule has 0 unspecified atom stereocenters. The van der Waals surface area contributed by atoms with Crippen molar-refractivity contribution < 1.29 is 9.53 Å². The Labute approximate surface area is 225 Å². The zero-order valence-electron chi connectivity index (χ0n) is 22.0. The van der Waals surface area contributed by atoms with Gasteiger partial charge in [-0.1, -0.05) is 24.3 Å². The fourth-order valence-electron chi connectivity index (χ4n) is 4.50. The second kappa shape index (κ2) is 9.63. The van der Waals surface area contributed by atoms with Crippen molar-refractivity contribution in [2.24, 2.45) is 10.7 Å². The molecule has 192 valence electrons. The molecule has 0 amide bonds. The van der Waals surface area contributed by atoms with Crippen LogP contribution in [0.4, 0.5) is 0 Å². The van der Waals surface area contributed by atoms with Crippen LogP contribution >= 0.6 is 22.7 Å². The molecule has 7 nitrogen and oxygen atoms in total. The van der Waals surface area contributed by atoms with Gasteiger partial charge in [0.25, 0.3) is 0 Å². The molecule has 5 rings (SSSR count). The zero-order chi connectivity index (χ0) is 26.5. The summed E-state index contributed by atoms with van der Waals surface area (Å²) >= 11 is 3.41. The Morgan fingerprint density at radius 3 is 2.38 bits per heavy atom. The van der Waals surface area contributed by atoms with E-state index < -0.39 is 11.6 Å². The summed E-state index contributed by atoms with van der Waals surface area (Å²) in [6.07, 6.45) is 0.0843. The predicted molar refractivity (Wildman–Crippen MR) is 150 cm³/mol. The molecule has 0 saturated heterocycles. The first-order valence-corrected chi connectivity index (χ1v) is 13.9. The summed E-state index contributed by atoms with van der Waals surface area (Å²) < 4.78 is 7.71. The van der Waals surface area contributed by atoms with Crippen LogP contribution in [0.2, 0.25) is 0 Å². The maximum absolute atomic E-state index is 12.9. The van der Waals surface area contributed by atoms with E-state index in [0.717, 1.165) is 38.1 Å². The molecule has 0 aliphatic carbocycles. The van der Waals surface area contributed by atoms with Gasteiger partial charge in [0.1, 0.15) is 22.5 Å². The van der Waals surface area contributed by atoms with Gasteiger partial charge in [0.2, 0.25) is 0 Å². The van der Waals surface area contributed by atoms with Gasteiger partial charge in [0.15, 0.2) is 5.82 Å². The maximum atomic E-state index is 12.9. The largest absolute Gasteiger partial charge is 0.460 e. The molecule has 0 fully saturated rings. The quantitative estimate of drug-likeness (QED) is 0.314. The van der Waals surface area contributed by atoms with Gasteiger partial charge in [-0.15, -0.1) is 32.9 Å². The van der Waals surface area contributed by atoms with E-state index in [1.165, 1.54) is 15.3 Å². The van der Waals surface area contributed by atoms with Gasteiger partial charge in [0.05, 0.1) is 12.1 Å². The Kier molecular flexibility index (Phi) is 6.64. The minimum Gasteiger partial charge on any atom is -0.460 e. The molecule has 1 aliphatic rings. The Morgan fingerprint density at radius 2 is 1.73 bits per heavy atom. The number of aryl methyl sites for hydroxylation is 2. The monoisotopic (exact) mass is 533 g/mol. The minimum absolute atomic E-state index is 0.0843. The third-order valence-corrected chi connectivity index (χ3v) is 8.67. The van der Waals surface area contributed by atoms with E-state index >= 15 is 0 Å². The fourth-order valence-corrected chi connectivity index (χ4v) is 6.61. The summed E-state index contributed by atoms with van der Waals surface area (Å²) in [6, 6.07) is 12.1. The molecule has 0 bridgehead atoms. The SMILES string of the molecule is Cc1sc2c(c1C)C(c1ccc(-c3ccc(CN)s3)cc1)=N[C@@H](CC(=O)OC(C)(C)C)c1nnc(C)n1-2. The van der Waals surface area contributed by atoms with Crippen molar-refractivity contribution in [1.82, 2.24) is 14.8 Å². The number of rotatable bonds is 5. The highest BCUT2D eigenvalue weighted by Crippen LogP contribution is 2.40. The van der Waals surface area contributed by atoms with E-state index in [1.807, 2.05) is 27.7 Å². The lowest BCUT2D eigenvalue weighted by Crippen LogP contribution is -2.25. The number of esters is 1. The number of aromatic nitrogens is 3. The van der Waals surface area contributed by atoms with E-state index in [4.69, 9.17) is 15.5 Å². The van der Waals surface area contributed by atoms with Gasteiger partial charge in [-0.3, -0.25) is 14.4 Å². The van der Waals surface area contributed by atoms with Crippen molar-refractivity contribution in [1.29, 1.82) is 0 Å². The van der Waals surface area contributed by atoms with E-state index in [2.05, 4.69) is 65.0 Å². The van der Waals surface area contributed by atoms with E-state index in [1.54, 1.807) is 22.7 Å². The second-order valence-electron chi connectivity index (χ2n) is 10.2. The molecule has 1 aliphatic heterocycles. The summed E-state index contributed by atoms with van der Waals surface area (Å²) in [5.74, 6) is 1.12. The third-order valence-electron chi connectivity index (χ3n) is 6.33. The summed E-state index contributed by atoms with van der Waals surface area (Å²) in [7, 11) is 0. The fraction of sp³-hybridized carbons (Fsp3) is 0.357. The normalized spacial score (nSPS) is 15.1. The second-order valence-corrected chi connectivity index (χ2v) is 12.6. The number of carbonyl (C=O) groups is 1. The molecule has 4 aromatic rings. The van der Waals surface area contributed by atoms with Crippen molar-refractivity contribution in [3.05, 3.63) is 74.5 Å². The van der Waals surface area contributed by atoms with Crippen LogP contribution in [0.5, 0.6) is 0 Å². The molecule has 2 N–H and O–H groups in total. The van der Waals surface area contributed by atoms with Crippen molar-refractivity contribution in [3.63, 3.8) is 0 Å². The van der Waals surface area contributed by atoms with Crippen molar-refractivity contribution >= 4 is 34.4 Å². The van der Waals surface area contributed by atoms with Gasteiger partial charge in [-0.05, 0) is 64.8 Å². The molecule has 0 saturated carbocycles. The highest BCUT2D eigenvalue weighted by atomic mass is 32.1. The van der Waals surface area contributed by atoms with Gasteiger partial charge in [-0.25, -0.2) is 0 Å². The number of aliphatic imine (C=N–C) groups is 1. The van der Waals surface area contributed by atoms with Crippen LogP contribution in [0.15, 0.2) is 41.4 Å². The molecule has 0 radical (unpaired) electrons. The van der Waals surface area contributed by atoms with Gasteiger partial charge in [-0.2, -0.15) is 0 Å². The number of carbonyl (C=O) groups excluding carboxylic acids is 1. The predicted octanol–water partition coefficient (Wildman–Crippen LogP) is 6.07. The Morgan fingerprint density at radius 1 is 1.03 bits per heavy atom. The molecular weight excluding hydrogens is 502 g/mol. The van der Waals surface area contributed by atoms with Crippen LogP contribution in [0.3, 0.4) is 0 Å². The highest BCUT2D eigenvalue weighted by molar-refractivity contribution is 7.15. The minimum atomic E-state index is -0.578. The van der Waals surface area contributed by atoms with Crippen LogP contribution in [-0.2, 0) is 16.1 Å². The molecule has 4 heterocycles. The van der Waals surface area contributed by atoms with E-state index in [-0.39, 0.29) is 12.4 Å². The van der Waals surface area contributed by atoms with Crippen LogP contribution in [0.25, 0.3) is 15.4 Å². The smallest absolute Gasteiger partial charge is 0.308 e. The number of nitrogens with zero attached hydrogens (tertiary/aromatic N) is 4. The lowest BCUT2D eigenvalue weighted by Gasteiger charge is -2.21. The highest BCUT2D eigenvalue weighted by Gasteiger charge is 2.33. The molecule has 37 heavy (non-hydrogen) atoms. The van der Waals surface area contributed by atoms with Crippen molar-refractivity contribution in [2.75, 3.05) is 0 Å². The number of thiophene rings is 2. The van der Waals surface area contributed by atoms with Gasteiger partial charge >= 0.3 is 5.97 Å². The number of hydrogen-bond acceptors (Lipinski definition) is 8. The van der Waals surface area contributed by atoms with Crippen LogP contribution in [-0.4, -0.2) is 32.0 Å². The van der Waals surface area contributed by atoms with Gasteiger partial charge < -0.3 is 10.5 Å². The maximum Gasteiger partial charge on any atom is 0.308 e. The lowest BCUT2D eigenvalue weighted by atomic mass is 9.98. The van der Waals surface area contributed by atoms with Crippen LogP contribution < -0.4 is 5.73 Å². The first-order valence-electron chi connectivity index (χ1n) is 12.3. The average Bonchev–Trinajstić information content (AvgIpc) is 3.52. The summed E-state index contributed by atoms with van der Waals surface area (Å²) in [6.45, 7) is 12.3. The van der Waals surface area contributed by atoms with Crippen LogP contribution in [0.1, 0.15) is 71.3 Å². The molecular formula is C28H31N5O2S2. The number of ether oxygens (including phenoxy) is 1. The molecule has 1 aromatic carbocycles. The number of hydrogen-bond donors (Lipinski definition) is 1. The summed E-state index contributed by atoms with van der Waals surface area (Å²) in [4.78, 5) is 21.7. The van der Waals surface area contributed by atoms with Crippen molar-refractivity contribution in [3.8, 4) is 15.4 Å². The van der Waals surface area contributed by atoms with Crippen LogP contribution in [0, 0.1) is 20.8 Å². The topological polar surface area (TPSA) is 95.4 Å². The van der Waals surface area contributed by atoms with E-state index in [0.29, 0.717) is 12.4 Å². The lowest BCUT2D eigenvalue weighted by molar-refractivity contribution is -0.155. The first kappa shape index (κ1) is 25.5. The van der Waals surface area contributed by atoms with E-state index in [9.17, 15) is 4.79 Å². The zero-order valence-corrected chi connectivity index (χ0v) is 23.6. The average molecular weight is 534 g/mol. The molecule has 0 spiro atoms. The number of nitrogens with two attached hydrogens (primary N) is 1. The Hall–Kier alpha value is -3.14. The third kappa shape index (κ3) is 4.91. The summed E-state index contributed by atoms with van der Waals surface area (Å²) in [5.41, 5.74) is 10.5. The molecule has 9 heteroatoms. The summed E-state index contributed by atoms with van der Waals surface area (Å²) in [5, 5.41) is 9.86. The first-order chi connectivity index (χ1) is 17.6. The Balaban J connectivity index is 1.62. The Bertz CT molecular complexity index is 1500. The van der Waals surface area contributed by atoms with Gasteiger partial charge in [0, 0.05) is 32.3 Å².